The third-order valence-electron chi connectivity index (χ3n) is 1.94. The second kappa shape index (κ2) is 2.66. The highest BCUT2D eigenvalue weighted by Gasteiger charge is 2.10. The van der Waals surface area contributed by atoms with Gasteiger partial charge in [-0.15, -0.1) is 0 Å². The van der Waals surface area contributed by atoms with Crippen molar-refractivity contribution in [3.05, 3.63) is 23.3 Å². The van der Waals surface area contributed by atoms with Crippen molar-refractivity contribution in [1.29, 1.82) is 0 Å². The highest BCUT2D eigenvalue weighted by molar-refractivity contribution is 5.80. The Morgan fingerprint density at radius 2 is 2.25 bits per heavy atom. The van der Waals surface area contributed by atoms with Crippen molar-refractivity contribution in [1.82, 2.24) is 9.97 Å². The molecule has 0 amide bonds. The molecule has 0 saturated carbocycles. The van der Waals surface area contributed by atoms with Crippen LogP contribution in [-0.2, 0) is 6.54 Å². The molecule has 0 radical (unpaired) electrons. The number of aromatic nitrogens is 2. The molecule has 0 aromatic carbocycles. The fourth-order valence-corrected chi connectivity index (χ4v) is 1.16. The van der Waals surface area contributed by atoms with Crippen LogP contribution in [0, 0.1) is 0 Å². The van der Waals surface area contributed by atoms with Crippen molar-refractivity contribution in [2.24, 2.45) is 4.99 Å². The van der Waals surface area contributed by atoms with Gasteiger partial charge in [-0.2, -0.15) is 0 Å². The van der Waals surface area contributed by atoms with E-state index in [-0.39, 0.29) is 0 Å². The van der Waals surface area contributed by atoms with Crippen molar-refractivity contribution in [2.45, 2.75) is 26.3 Å². The van der Waals surface area contributed by atoms with Crippen LogP contribution >= 0.6 is 0 Å². The van der Waals surface area contributed by atoms with Crippen molar-refractivity contribution in [2.75, 3.05) is 0 Å². The molecule has 1 aromatic rings. The molecular formula is C9H11N3. The van der Waals surface area contributed by atoms with Gasteiger partial charge in [0.1, 0.15) is 5.69 Å². The molecule has 1 aliphatic heterocycles. The van der Waals surface area contributed by atoms with E-state index in [0.29, 0.717) is 12.5 Å². The maximum atomic E-state index is 4.44. The van der Waals surface area contributed by atoms with Gasteiger partial charge in [-0.1, -0.05) is 13.8 Å². The Hall–Kier alpha value is -1.25. The topological polar surface area (TPSA) is 38.1 Å². The van der Waals surface area contributed by atoms with Crippen LogP contribution in [0.4, 0.5) is 0 Å². The summed E-state index contributed by atoms with van der Waals surface area (Å²) in [4.78, 5) is 12.8. The van der Waals surface area contributed by atoms with Gasteiger partial charge in [0, 0.05) is 12.4 Å². The molecular weight excluding hydrogens is 150 g/mol. The van der Waals surface area contributed by atoms with Crippen LogP contribution in [0.3, 0.4) is 0 Å². The summed E-state index contributed by atoms with van der Waals surface area (Å²) in [6.45, 7) is 4.92. The summed E-state index contributed by atoms with van der Waals surface area (Å²) >= 11 is 0. The summed E-state index contributed by atoms with van der Waals surface area (Å²) in [6, 6.07) is 0. The first kappa shape index (κ1) is 7.40. The fourth-order valence-electron chi connectivity index (χ4n) is 1.16. The monoisotopic (exact) mass is 161 g/mol. The number of hydrogen-bond acceptors (Lipinski definition) is 3. The zero-order chi connectivity index (χ0) is 8.55. The lowest BCUT2D eigenvalue weighted by molar-refractivity contribution is 0.802. The Morgan fingerprint density at radius 3 is 3.00 bits per heavy atom. The van der Waals surface area contributed by atoms with Gasteiger partial charge in [0.15, 0.2) is 0 Å². The van der Waals surface area contributed by atoms with Crippen molar-refractivity contribution in [3.63, 3.8) is 0 Å². The molecule has 3 nitrogen and oxygen atoms in total. The number of nitrogens with zero attached hydrogens (tertiary/aromatic N) is 3. The number of aliphatic imine (C=N–C) groups is 1. The average Bonchev–Trinajstić information content (AvgIpc) is 2.49. The van der Waals surface area contributed by atoms with E-state index in [4.69, 9.17) is 0 Å². The molecule has 3 heteroatoms. The molecule has 0 saturated heterocycles. The van der Waals surface area contributed by atoms with E-state index in [9.17, 15) is 0 Å². The Morgan fingerprint density at radius 1 is 1.42 bits per heavy atom. The highest BCUT2D eigenvalue weighted by Crippen LogP contribution is 2.14. The van der Waals surface area contributed by atoms with Crippen LogP contribution in [0.25, 0.3) is 0 Å². The lowest BCUT2D eigenvalue weighted by atomic mass is 10.1. The van der Waals surface area contributed by atoms with E-state index in [1.54, 1.807) is 6.21 Å². The minimum Gasteiger partial charge on any atom is -0.284 e. The minimum absolute atomic E-state index is 0.441. The summed E-state index contributed by atoms with van der Waals surface area (Å²) in [6.07, 6.45) is 3.65. The molecule has 12 heavy (non-hydrogen) atoms. The Balaban J connectivity index is 2.44. The second-order valence-electron chi connectivity index (χ2n) is 3.25. The first-order chi connectivity index (χ1) is 5.77. The van der Waals surface area contributed by atoms with Crippen LogP contribution in [0.5, 0.6) is 0 Å². The Bertz CT molecular complexity index is 329. The molecule has 0 atom stereocenters. The quantitative estimate of drug-likeness (QED) is 0.626. The minimum atomic E-state index is 0.441. The van der Waals surface area contributed by atoms with Crippen molar-refractivity contribution < 1.29 is 0 Å². The summed E-state index contributed by atoms with van der Waals surface area (Å²) in [5.74, 6) is 0.441. The second-order valence-corrected chi connectivity index (χ2v) is 3.25. The molecule has 0 bridgehead atoms. The highest BCUT2D eigenvalue weighted by atomic mass is 14.9. The average molecular weight is 161 g/mol. The van der Waals surface area contributed by atoms with E-state index in [2.05, 4.69) is 28.8 Å². The number of hydrogen-bond donors (Lipinski definition) is 0. The molecule has 62 valence electrons. The fraction of sp³-hybridized carbons (Fsp3) is 0.444. The van der Waals surface area contributed by atoms with Gasteiger partial charge in [0.05, 0.1) is 17.9 Å². The van der Waals surface area contributed by atoms with Gasteiger partial charge in [-0.25, -0.2) is 4.98 Å². The largest absolute Gasteiger partial charge is 0.284 e. The lowest BCUT2D eigenvalue weighted by Crippen LogP contribution is -2.00. The van der Waals surface area contributed by atoms with E-state index < -0.39 is 0 Å². The molecule has 0 unspecified atom stereocenters. The molecule has 2 rings (SSSR count). The first-order valence-corrected chi connectivity index (χ1v) is 4.13. The molecule has 2 heterocycles. The third-order valence-corrected chi connectivity index (χ3v) is 1.94. The van der Waals surface area contributed by atoms with E-state index in [1.807, 2.05) is 6.20 Å². The van der Waals surface area contributed by atoms with Crippen molar-refractivity contribution >= 4 is 6.21 Å². The summed E-state index contributed by atoms with van der Waals surface area (Å²) < 4.78 is 0. The van der Waals surface area contributed by atoms with Crippen LogP contribution in [0.2, 0.25) is 0 Å². The molecule has 1 aliphatic rings. The molecule has 0 fully saturated rings. The Labute approximate surface area is 71.6 Å². The van der Waals surface area contributed by atoms with Crippen LogP contribution in [0.15, 0.2) is 11.2 Å². The predicted octanol–water partition coefficient (Wildman–Crippen LogP) is 1.53. The van der Waals surface area contributed by atoms with E-state index >= 15 is 0 Å². The summed E-state index contributed by atoms with van der Waals surface area (Å²) in [5, 5.41) is 0. The summed E-state index contributed by atoms with van der Waals surface area (Å²) in [7, 11) is 0. The van der Waals surface area contributed by atoms with Crippen LogP contribution in [-0.4, -0.2) is 16.2 Å². The Kier molecular flexibility index (Phi) is 1.64. The first-order valence-electron chi connectivity index (χ1n) is 4.13. The summed E-state index contributed by atoms with van der Waals surface area (Å²) in [5.41, 5.74) is 2.99. The number of fused-ring (bicyclic) bond motifs is 1. The van der Waals surface area contributed by atoms with Gasteiger partial charge in [-0.3, -0.25) is 9.98 Å². The van der Waals surface area contributed by atoms with Gasteiger partial charge in [0.25, 0.3) is 0 Å². The normalized spacial score (nSPS) is 13.9. The predicted molar refractivity (Wildman–Crippen MR) is 47.4 cm³/mol. The van der Waals surface area contributed by atoms with Crippen LogP contribution < -0.4 is 0 Å². The maximum absolute atomic E-state index is 4.44. The van der Waals surface area contributed by atoms with Crippen molar-refractivity contribution in [3.8, 4) is 0 Å². The smallest absolute Gasteiger partial charge is 0.105 e. The standard InChI is InChI=1S/C9H11N3/c1-6(2)7-5-11-8-3-10-4-9(8)12-7/h4-6H,3H2,1-2H3. The van der Waals surface area contributed by atoms with Gasteiger partial charge >= 0.3 is 0 Å². The van der Waals surface area contributed by atoms with Crippen LogP contribution in [0.1, 0.15) is 36.8 Å². The zero-order valence-corrected chi connectivity index (χ0v) is 7.28. The SMILES string of the molecule is CC(C)c1cnc2c(n1)C=NC2. The molecule has 0 spiro atoms. The van der Waals surface area contributed by atoms with E-state index in [1.165, 1.54) is 0 Å². The zero-order valence-electron chi connectivity index (χ0n) is 7.28. The molecule has 0 N–H and O–H groups in total. The lowest BCUT2D eigenvalue weighted by Gasteiger charge is -2.04. The molecule has 1 aromatic heterocycles. The third kappa shape index (κ3) is 1.11. The van der Waals surface area contributed by atoms with E-state index in [0.717, 1.165) is 17.1 Å². The molecule has 0 aliphatic carbocycles. The van der Waals surface area contributed by atoms with Gasteiger partial charge in [-0.05, 0) is 5.92 Å². The maximum Gasteiger partial charge on any atom is 0.105 e. The van der Waals surface area contributed by atoms with Gasteiger partial charge < -0.3 is 0 Å². The number of rotatable bonds is 1. The van der Waals surface area contributed by atoms with Gasteiger partial charge in [0.2, 0.25) is 0 Å².